The summed E-state index contributed by atoms with van der Waals surface area (Å²) in [5, 5.41) is 27.0. The molecule has 1 aromatic rings. The molecular weight excluding hydrogens is 722 g/mol. The topological polar surface area (TPSA) is 194 Å². The molecule has 0 fully saturated rings. The Balaban J connectivity index is 3.39. The summed E-state index contributed by atoms with van der Waals surface area (Å²) in [7, 11) is 1.69. The SMILES string of the molecule is COC(=O)NC(C(=O)NC[C@@H](O)CN(Cc1ccc(C(=N)/C=C\NC(F)F)cc1)NC(=O)[C@@H](NC(=O)OC)C(C)(C)C(F)(F)F)C(C)(C)C(F)(F)F. The number of aliphatic hydroxyl groups excluding tert-OH is 1. The molecule has 1 unspecified atom stereocenters. The lowest BCUT2D eigenvalue weighted by Gasteiger charge is -2.37. The zero-order valence-corrected chi connectivity index (χ0v) is 28.8. The third-order valence-electron chi connectivity index (χ3n) is 7.65. The molecule has 294 valence electrons. The number of nitrogens with zero attached hydrogens (tertiary/aromatic N) is 1. The Kier molecular flexibility index (Phi) is 16.3. The highest BCUT2D eigenvalue weighted by molar-refractivity contribution is 6.06. The molecule has 7 N–H and O–H groups in total. The van der Waals surface area contributed by atoms with Crippen LogP contribution in [-0.4, -0.2) is 104 Å². The fraction of sp³-hybridized carbons (Fsp3) is 0.567. The van der Waals surface area contributed by atoms with Gasteiger partial charge in [0.05, 0.1) is 36.9 Å². The lowest BCUT2D eigenvalue weighted by molar-refractivity contribution is -0.221. The third kappa shape index (κ3) is 13.1. The molecule has 0 aliphatic carbocycles. The van der Waals surface area contributed by atoms with Gasteiger partial charge in [-0.15, -0.1) is 0 Å². The van der Waals surface area contributed by atoms with E-state index in [1.54, 1.807) is 10.6 Å². The first-order chi connectivity index (χ1) is 23.8. The van der Waals surface area contributed by atoms with Gasteiger partial charge in [-0.2, -0.15) is 35.1 Å². The van der Waals surface area contributed by atoms with Crippen LogP contribution in [-0.2, 0) is 25.6 Å². The van der Waals surface area contributed by atoms with Gasteiger partial charge in [0.1, 0.15) is 12.1 Å². The first-order valence-corrected chi connectivity index (χ1v) is 15.0. The Bertz CT molecular complexity index is 1420. The van der Waals surface area contributed by atoms with Crippen molar-refractivity contribution in [2.75, 3.05) is 27.3 Å². The van der Waals surface area contributed by atoms with Gasteiger partial charge in [-0.3, -0.25) is 15.0 Å². The van der Waals surface area contributed by atoms with Crippen molar-refractivity contribution in [3.05, 3.63) is 47.7 Å². The van der Waals surface area contributed by atoms with E-state index >= 15 is 0 Å². The number of ether oxygens (including phenoxy) is 2. The van der Waals surface area contributed by atoms with Crippen molar-refractivity contribution in [1.29, 1.82) is 5.41 Å². The number of amides is 4. The van der Waals surface area contributed by atoms with E-state index in [0.29, 0.717) is 33.3 Å². The summed E-state index contributed by atoms with van der Waals surface area (Å²) in [6.07, 6.45) is -12.7. The van der Waals surface area contributed by atoms with Crippen LogP contribution in [0.1, 0.15) is 38.8 Å². The van der Waals surface area contributed by atoms with Gasteiger partial charge >= 0.3 is 31.1 Å². The van der Waals surface area contributed by atoms with E-state index in [2.05, 4.69) is 20.2 Å². The van der Waals surface area contributed by atoms with Gasteiger partial charge in [0.15, 0.2) is 0 Å². The first kappa shape index (κ1) is 45.3. The molecule has 0 aromatic heterocycles. The number of hydrogen-bond acceptors (Lipinski definition) is 10. The maximum Gasteiger partial charge on any atom is 0.407 e. The van der Waals surface area contributed by atoms with E-state index in [0.717, 1.165) is 31.5 Å². The number of alkyl halides is 8. The number of methoxy groups -OCH3 is 2. The number of allylic oxidation sites excluding steroid dienone is 1. The van der Waals surface area contributed by atoms with Gasteiger partial charge in [0, 0.05) is 25.8 Å². The van der Waals surface area contributed by atoms with Crippen LogP contribution >= 0.6 is 0 Å². The second-order valence-electron chi connectivity index (χ2n) is 12.2. The van der Waals surface area contributed by atoms with Gasteiger partial charge in [0.2, 0.25) is 5.91 Å². The average molecular weight is 764 g/mol. The fourth-order valence-electron chi connectivity index (χ4n) is 4.15. The second kappa shape index (κ2) is 18.7. The number of rotatable bonds is 17. The quantitative estimate of drug-likeness (QED) is 0.0540. The van der Waals surface area contributed by atoms with E-state index < -0.39 is 91.6 Å². The maximum absolute atomic E-state index is 14.0. The van der Waals surface area contributed by atoms with Gasteiger partial charge in [-0.05, 0) is 44.9 Å². The zero-order chi connectivity index (χ0) is 40.2. The Morgan fingerprint density at radius 1 is 0.846 bits per heavy atom. The van der Waals surface area contributed by atoms with Crippen LogP contribution in [0.4, 0.5) is 44.7 Å². The molecule has 0 spiro atoms. The number of carbonyl (C=O) groups is 4. The first-order valence-electron chi connectivity index (χ1n) is 15.0. The van der Waals surface area contributed by atoms with Crippen LogP contribution in [0.3, 0.4) is 0 Å². The number of benzene rings is 1. The second-order valence-corrected chi connectivity index (χ2v) is 12.2. The van der Waals surface area contributed by atoms with Crippen molar-refractivity contribution in [2.45, 2.75) is 71.3 Å². The molecule has 0 radical (unpaired) electrons. The maximum atomic E-state index is 14.0. The molecule has 3 atom stereocenters. The fourth-order valence-corrected chi connectivity index (χ4v) is 4.15. The van der Waals surface area contributed by atoms with E-state index in [1.165, 1.54) is 24.3 Å². The van der Waals surface area contributed by atoms with Gasteiger partial charge in [0.25, 0.3) is 5.91 Å². The Morgan fingerprint density at radius 3 is 1.73 bits per heavy atom. The monoisotopic (exact) mass is 763 g/mol. The Hall–Kier alpha value is -4.73. The molecule has 22 heteroatoms. The number of nitrogens with one attached hydrogen (secondary N) is 6. The highest BCUT2D eigenvalue weighted by Crippen LogP contribution is 2.41. The standard InChI is InChI=1S/C30H41F8N7O7/c1-27(2,29(33,34)35)20(42-25(49)51-5)22(47)41-13-18(46)15-45(14-16-7-9-17(10-8-16)19(39)11-12-40-24(31)32)44-23(48)21(43-26(50)52-6)28(3,4)30(36,37)38/h7-12,18,20-21,24,39-40,46H,13-15H2,1-6H3,(H,41,47)(H,42,49)(H,43,50)(H,44,48)/b12-11-,39-19?/t18-,20?,21-/m1/s1. The third-order valence-corrected chi connectivity index (χ3v) is 7.65. The molecular formula is C30H41F8N7O7. The molecule has 0 aliphatic rings. The van der Waals surface area contributed by atoms with E-state index in [9.17, 15) is 59.4 Å². The van der Waals surface area contributed by atoms with E-state index in [4.69, 9.17) is 5.41 Å². The summed E-state index contributed by atoms with van der Waals surface area (Å²) >= 11 is 0. The van der Waals surface area contributed by atoms with Crippen LogP contribution < -0.4 is 26.7 Å². The van der Waals surface area contributed by atoms with E-state index in [1.807, 2.05) is 5.32 Å². The molecule has 0 aliphatic heterocycles. The number of hydrazine groups is 1. The molecule has 1 rings (SSSR count). The molecule has 1 aromatic carbocycles. The highest BCUT2D eigenvalue weighted by atomic mass is 19.4. The molecule has 14 nitrogen and oxygen atoms in total. The normalized spacial score (nSPS) is 14.3. The Labute approximate surface area is 293 Å². The minimum atomic E-state index is -5.05. The number of aliphatic hydroxyl groups is 1. The number of alkyl carbamates (subject to hydrolysis) is 2. The van der Waals surface area contributed by atoms with Crippen molar-refractivity contribution < 1.29 is 68.9 Å². The molecule has 0 saturated carbocycles. The van der Waals surface area contributed by atoms with Crippen molar-refractivity contribution in [1.82, 2.24) is 31.7 Å². The van der Waals surface area contributed by atoms with Gasteiger partial charge in [-0.1, -0.05) is 24.3 Å². The molecule has 0 saturated heterocycles. The van der Waals surface area contributed by atoms with Crippen LogP contribution in [0.2, 0.25) is 0 Å². The highest BCUT2D eigenvalue weighted by Gasteiger charge is 2.57. The van der Waals surface area contributed by atoms with Gasteiger partial charge in [-0.25, -0.2) is 14.6 Å². The summed E-state index contributed by atoms with van der Waals surface area (Å²) in [6, 6.07) is 0.940. The lowest BCUT2D eigenvalue weighted by Crippen LogP contribution is -2.62. The van der Waals surface area contributed by atoms with Crippen molar-refractivity contribution in [3.8, 4) is 0 Å². The molecule has 0 bridgehead atoms. The minimum Gasteiger partial charge on any atom is -0.453 e. The summed E-state index contributed by atoms with van der Waals surface area (Å²) in [6.45, 7) is -2.24. The zero-order valence-electron chi connectivity index (χ0n) is 28.8. The predicted octanol–water partition coefficient (Wildman–Crippen LogP) is 3.32. The summed E-state index contributed by atoms with van der Waals surface area (Å²) in [5.74, 6) is -2.83. The van der Waals surface area contributed by atoms with Crippen LogP contribution in [0.15, 0.2) is 36.5 Å². The van der Waals surface area contributed by atoms with E-state index in [-0.39, 0.29) is 11.3 Å². The largest absolute Gasteiger partial charge is 0.453 e. The predicted molar refractivity (Wildman–Crippen MR) is 167 cm³/mol. The minimum absolute atomic E-state index is 0.198. The number of carbonyl (C=O) groups excluding carboxylic acids is 4. The lowest BCUT2D eigenvalue weighted by atomic mass is 9.83. The van der Waals surface area contributed by atoms with Crippen molar-refractivity contribution in [2.24, 2.45) is 10.8 Å². The summed E-state index contributed by atoms with van der Waals surface area (Å²) in [5.41, 5.74) is -3.25. The summed E-state index contributed by atoms with van der Waals surface area (Å²) in [4.78, 5) is 49.8. The van der Waals surface area contributed by atoms with Crippen LogP contribution in [0, 0.1) is 16.2 Å². The number of hydrogen-bond donors (Lipinski definition) is 7. The molecule has 52 heavy (non-hydrogen) atoms. The summed E-state index contributed by atoms with van der Waals surface area (Å²) < 4.78 is 117. The Morgan fingerprint density at radius 2 is 1.31 bits per heavy atom. The average Bonchev–Trinajstić information content (AvgIpc) is 3.03. The van der Waals surface area contributed by atoms with Crippen LogP contribution in [0.5, 0.6) is 0 Å². The smallest absolute Gasteiger partial charge is 0.407 e. The molecule has 0 heterocycles. The van der Waals surface area contributed by atoms with Crippen molar-refractivity contribution >= 4 is 29.7 Å². The van der Waals surface area contributed by atoms with Gasteiger partial charge < -0.3 is 41.3 Å². The van der Waals surface area contributed by atoms with Crippen LogP contribution in [0.25, 0.3) is 0 Å². The van der Waals surface area contributed by atoms with Crippen molar-refractivity contribution in [3.63, 3.8) is 0 Å². The molecule has 4 amide bonds. The number of halogens is 8.